The van der Waals surface area contributed by atoms with E-state index in [0.717, 1.165) is 16.3 Å². The van der Waals surface area contributed by atoms with Gasteiger partial charge in [0.2, 0.25) is 5.95 Å². The molecule has 0 aliphatic carbocycles. The van der Waals surface area contributed by atoms with Gasteiger partial charge in [0.15, 0.2) is 0 Å². The van der Waals surface area contributed by atoms with Gasteiger partial charge in [0.05, 0.1) is 7.11 Å². The molecular formula is C9H9N3OS. The molecule has 1 heterocycles. The molecule has 2 N–H and O–H groups in total. The summed E-state index contributed by atoms with van der Waals surface area (Å²) in [5, 5.41) is 0.807. The summed E-state index contributed by atoms with van der Waals surface area (Å²) < 4.78 is 9.02. The predicted octanol–water partition coefficient (Wildman–Crippen LogP) is 1.80. The van der Waals surface area contributed by atoms with E-state index in [4.69, 9.17) is 10.5 Å². The van der Waals surface area contributed by atoms with E-state index in [9.17, 15) is 0 Å². The Hall–Kier alpha value is -1.62. The Morgan fingerprint density at radius 1 is 1.43 bits per heavy atom. The fourth-order valence-corrected chi connectivity index (χ4v) is 1.70. The Bertz CT molecular complexity index is 441. The lowest BCUT2D eigenvalue weighted by Crippen LogP contribution is -1.86. The minimum atomic E-state index is 0.313. The lowest BCUT2D eigenvalue weighted by molar-refractivity contribution is 0.415. The highest BCUT2D eigenvalue weighted by Crippen LogP contribution is 2.25. The molecule has 0 spiro atoms. The van der Waals surface area contributed by atoms with Crippen molar-refractivity contribution in [3.63, 3.8) is 0 Å². The lowest BCUT2D eigenvalue weighted by atomic mass is 10.2. The molecule has 0 aliphatic heterocycles. The molecule has 0 saturated heterocycles. The molecule has 2 rings (SSSR count). The summed E-state index contributed by atoms with van der Waals surface area (Å²) in [5.74, 6) is 1.11. The van der Waals surface area contributed by atoms with E-state index >= 15 is 0 Å². The summed E-state index contributed by atoms with van der Waals surface area (Å²) in [6, 6.07) is 7.64. The number of hydrogen-bond acceptors (Lipinski definition) is 5. The number of nitrogens with two attached hydrogens (primary N) is 1. The number of methoxy groups -OCH3 is 1. The summed E-state index contributed by atoms with van der Waals surface area (Å²) in [5.41, 5.74) is 6.41. The second-order valence-corrected chi connectivity index (χ2v) is 3.44. The van der Waals surface area contributed by atoms with Gasteiger partial charge in [0.25, 0.3) is 0 Å². The van der Waals surface area contributed by atoms with Crippen molar-refractivity contribution in [2.45, 2.75) is 0 Å². The molecule has 2 aromatic rings. The van der Waals surface area contributed by atoms with Crippen molar-refractivity contribution in [1.29, 1.82) is 0 Å². The number of rotatable bonds is 2. The Morgan fingerprint density at radius 2 is 2.29 bits per heavy atom. The molecule has 0 atom stereocenters. The molecular weight excluding hydrogens is 198 g/mol. The molecule has 0 aliphatic rings. The van der Waals surface area contributed by atoms with Crippen LogP contribution in [0.5, 0.6) is 5.75 Å². The maximum Gasteiger partial charge on any atom is 0.232 e. The van der Waals surface area contributed by atoms with E-state index in [1.54, 1.807) is 7.11 Å². The number of benzene rings is 1. The molecule has 0 fully saturated rings. The van der Waals surface area contributed by atoms with E-state index in [-0.39, 0.29) is 0 Å². The lowest BCUT2D eigenvalue weighted by Gasteiger charge is -2.00. The van der Waals surface area contributed by atoms with Crippen LogP contribution in [0.4, 0.5) is 5.95 Å². The topological polar surface area (TPSA) is 61.0 Å². The van der Waals surface area contributed by atoms with Crippen LogP contribution in [0.25, 0.3) is 10.6 Å². The quantitative estimate of drug-likeness (QED) is 0.815. The summed E-state index contributed by atoms with van der Waals surface area (Å²) in [6.45, 7) is 0. The Morgan fingerprint density at radius 3 is 2.93 bits per heavy atom. The van der Waals surface area contributed by atoms with Gasteiger partial charge in [-0.2, -0.15) is 9.36 Å². The standard InChI is InChI=1S/C9H9N3OS/c1-13-7-4-2-3-6(5-7)8-11-9(10)12-14-8/h2-5H,1H3,(H2,10,12). The van der Waals surface area contributed by atoms with Crippen LogP contribution in [0.1, 0.15) is 0 Å². The molecule has 5 heteroatoms. The van der Waals surface area contributed by atoms with Gasteiger partial charge >= 0.3 is 0 Å². The average Bonchev–Trinajstić information content (AvgIpc) is 2.65. The van der Waals surface area contributed by atoms with Gasteiger partial charge in [-0.05, 0) is 23.7 Å². The summed E-state index contributed by atoms with van der Waals surface area (Å²) in [6.07, 6.45) is 0. The largest absolute Gasteiger partial charge is 0.497 e. The third-order valence-electron chi connectivity index (χ3n) is 1.76. The summed E-state index contributed by atoms with van der Waals surface area (Å²) in [7, 11) is 1.63. The Labute approximate surface area is 85.5 Å². The number of aromatic nitrogens is 2. The van der Waals surface area contributed by atoms with Crippen molar-refractivity contribution in [1.82, 2.24) is 9.36 Å². The van der Waals surface area contributed by atoms with E-state index < -0.39 is 0 Å². The monoisotopic (exact) mass is 207 g/mol. The van der Waals surface area contributed by atoms with Crippen molar-refractivity contribution < 1.29 is 4.74 Å². The smallest absolute Gasteiger partial charge is 0.232 e. The molecule has 0 saturated carbocycles. The second-order valence-electron chi connectivity index (χ2n) is 2.69. The number of nitrogens with zero attached hydrogens (tertiary/aromatic N) is 2. The molecule has 0 radical (unpaired) electrons. The van der Waals surface area contributed by atoms with Crippen LogP contribution in [-0.2, 0) is 0 Å². The number of hydrogen-bond donors (Lipinski definition) is 1. The van der Waals surface area contributed by atoms with Gasteiger partial charge < -0.3 is 10.5 Å². The van der Waals surface area contributed by atoms with Crippen LogP contribution in [0.2, 0.25) is 0 Å². The van der Waals surface area contributed by atoms with Crippen molar-refractivity contribution in [2.24, 2.45) is 0 Å². The van der Waals surface area contributed by atoms with E-state index in [0.29, 0.717) is 5.95 Å². The van der Waals surface area contributed by atoms with Gasteiger partial charge in [-0.25, -0.2) is 0 Å². The van der Waals surface area contributed by atoms with Gasteiger partial charge in [-0.1, -0.05) is 12.1 Å². The Kier molecular flexibility index (Phi) is 2.32. The highest BCUT2D eigenvalue weighted by atomic mass is 32.1. The normalized spacial score (nSPS) is 10.1. The molecule has 72 valence electrons. The maximum atomic E-state index is 5.44. The number of anilines is 1. The van der Waals surface area contributed by atoms with Gasteiger partial charge in [-0.15, -0.1) is 0 Å². The van der Waals surface area contributed by atoms with Crippen LogP contribution in [0.3, 0.4) is 0 Å². The Balaban J connectivity index is 2.41. The summed E-state index contributed by atoms with van der Waals surface area (Å²) in [4.78, 5) is 4.09. The highest BCUT2D eigenvalue weighted by molar-refractivity contribution is 7.09. The van der Waals surface area contributed by atoms with Crippen molar-refractivity contribution in [3.8, 4) is 16.3 Å². The minimum Gasteiger partial charge on any atom is -0.497 e. The first-order chi connectivity index (χ1) is 6.79. The van der Waals surface area contributed by atoms with Crippen LogP contribution >= 0.6 is 11.5 Å². The first kappa shape index (κ1) is 8.96. The fraction of sp³-hybridized carbons (Fsp3) is 0.111. The molecule has 1 aromatic heterocycles. The molecule has 14 heavy (non-hydrogen) atoms. The first-order valence-electron chi connectivity index (χ1n) is 4.03. The van der Waals surface area contributed by atoms with Gasteiger partial charge in [-0.3, -0.25) is 0 Å². The van der Waals surface area contributed by atoms with Crippen molar-refractivity contribution in [3.05, 3.63) is 24.3 Å². The minimum absolute atomic E-state index is 0.313. The predicted molar refractivity (Wildman–Crippen MR) is 56.3 cm³/mol. The number of nitrogen functional groups attached to an aromatic ring is 1. The van der Waals surface area contributed by atoms with Crippen molar-refractivity contribution >= 4 is 17.5 Å². The van der Waals surface area contributed by atoms with Gasteiger partial charge in [0.1, 0.15) is 10.8 Å². The average molecular weight is 207 g/mol. The third-order valence-corrected chi connectivity index (χ3v) is 2.54. The molecule has 0 unspecified atom stereocenters. The molecule has 0 bridgehead atoms. The second kappa shape index (κ2) is 3.63. The molecule has 4 nitrogen and oxygen atoms in total. The van der Waals surface area contributed by atoms with Gasteiger partial charge in [0, 0.05) is 5.56 Å². The van der Waals surface area contributed by atoms with E-state index in [1.165, 1.54) is 11.5 Å². The zero-order valence-corrected chi connectivity index (χ0v) is 8.41. The van der Waals surface area contributed by atoms with Crippen LogP contribution < -0.4 is 10.5 Å². The first-order valence-corrected chi connectivity index (χ1v) is 4.80. The summed E-state index contributed by atoms with van der Waals surface area (Å²) >= 11 is 1.28. The third kappa shape index (κ3) is 1.67. The maximum absolute atomic E-state index is 5.44. The SMILES string of the molecule is COc1cccc(-c2nc(N)ns2)c1. The zero-order chi connectivity index (χ0) is 9.97. The molecule has 1 aromatic carbocycles. The van der Waals surface area contributed by atoms with Crippen LogP contribution in [-0.4, -0.2) is 16.5 Å². The number of ether oxygens (including phenoxy) is 1. The van der Waals surface area contributed by atoms with Crippen LogP contribution in [0, 0.1) is 0 Å². The zero-order valence-electron chi connectivity index (χ0n) is 7.60. The fourth-order valence-electron chi connectivity index (χ4n) is 1.11. The van der Waals surface area contributed by atoms with E-state index in [2.05, 4.69) is 9.36 Å². The highest BCUT2D eigenvalue weighted by Gasteiger charge is 2.04. The molecule has 0 amide bonds. The van der Waals surface area contributed by atoms with Crippen molar-refractivity contribution in [2.75, 3.05) is 12.8 Å². The van der Waals surface area contributed by atoms with Crippen LogP contribution in [0.15, 0.2) is 24.3 Å². The van der Waals surface area contributed by atoms with E-state index in [1.807, 2.05) is 24.3 Å².